The maximum Gasteiger partial charge on any atom is 0.258 e. The van der Waals surface area contributed by atoms with E-state index in [4.69, 9.17) is 17.3 Å². The van der Waals surface area contributed by atoms with Crippen LogP contribution in [0, 0.1) is 23.3 Å². The number of nitrogens with two attached hydrogens (primary N) is 1. The van der Waals surface area contributed by atoms with Crippen molar-refractivity contribution in [1.29, 1.82) is 0 Å². The normalized spacial score (nSPS) is 10.3. The zero-order chi connectivity index (χ0) is 35.5. The summed E-state index contributed by atoms with van der Waals surface area (Å²) in [5.41, 5.74) is 7.62. The van der Waals surface area contributed by atoms with Crippen molar-refractivity contribution < 1.29 is 27.2 Å². The third kappa shape index (κ3) is 9.14. The molecule has 10 nitrogen and oxygen atoms in total. The van der Waals surface area contributed by atoms with Gasteiger partial charge in [-0.25, -0.2) is 31.9 Å². The standard InChI is InChI=1S/C17H14F2N4O.C9H9ClO.C8H6F2N4/c1-2-11-6-3-4-7-12(11)16(24)21-17-20-10-23(22-17)15-13(18)8-5-9-14(15)19;1-2-7-5-3-4-6-8(7)9(10)11;9-5-2-1-3-6(10)7(5)14-4-12-8(11)13-14/h3-10H,2H2,1H3,(H,21,22,24);3-6H,2H2,1H3;1-4H,(H2,11,13). The minimum atomic E-state index is -0.769. The Morgan fingerprint density at radius 2 is 1.12 bits per heavy atom. The van der Waals surface area contributed by atoms with E-state index in [-0.39, 0.29) is 34.4 Å². The van der Waals surface area contributed by atoms with Crippen LogP contribution in [0.5, 0.6) is 0 Å². The number of nitrogens with zero attached hydrogens (tertiary/aromatic N) is 6. The molecule has 0 saturated carbocycles. The second kappa shape index (κ2) is 16.8. The average Bonchev–Trinajstić information content (AvgIpc) is 3.73. The predicted octanol–water partition coefficient (Wildman–Crippen LogP) is 7.12. The second-order valence-electron chi connectivity index (χ2n) is 9.95. The van der Waals surface area contributed by atoms with Crippen LogP contribution in [0.4, 0.5) is 29.5 Å². The molecular weight excluding hydrogens is 664 g/mol. The summed E-state index contributed by atoms with van der Waals surface area (Å²) < 4.78 is 55.8. The first-order valence-electron chi connectivity index (χ1n) is 14.7. The number of benzene rings is 4. The number of nitrogens with one attached hydrogen (secondary N) is 1. The van der Waals surface area contributed by atoms with Crippen molar-refractivity contribution in [3.8, 4) is 11.4 Å². The molecule has 6 rings (SSSR count). The summed E-state index contributed by atoms with van der Waals surface area (Å²) in [4.78, 5) is 30.6. The first-order valence-corrected chi connectivity index (χ1v) is 15.1. The molecule has 0 spiro atoms. The third-order valence-electron chi connectivity index (χ3n) is 6.81. The number of nitrogen functional groups attached to an aromatic ring is 1. The van der Waals surface area contributed by atoms with Crippen LogP contribution in [0.15, 0.2) is 97.6 Å². The Labute approximate surface area is 283 Å². The molecule has 0 unspecified atom stereocenters. The van der Waals surface area contributed by atoms with Gasteiger partial charge in [-0.2, -0.15) is 4.98 Å². The Bertz CT molecular complexity index is 2030. The minimum absolute atomic E-state index is 0.0337. The number of carbonyl (C=O) groups excluding carboxylic acids is 2. The van der Waals surface area contributed by atoms with Crippen LogP contribution in [-0.2, 0) is 12.8 Å². The first-order chi connectivity index (χ1) is 23.5. The van der Waals surface area contributed by atoms with Gasteiger partial charge >= 0.3 is 0 Å². The molecule has 0 atom stereocenters. The van der Waals surface area contributed by atoms with E-state index in [1.807, 2.05) is 44.2 Å². The summed E-state index contributed by atoms with van der Waals surface area (Å²) >= 11 is 5.35. The fourth-order valence-electron chi connectivity index (χ4n) is 4.47. The largest absolute Gasteiger partial charge is 0.366 e. The van der Waals surface area contributed by atoms with Crippen molar-refractivity contribution in [1.82, 2.24) is 29.5 Å². The number of para-hydroxylation sites is 2. The van der Waals surface area contributed by atoms with Gasteiger partial charge in [0, 0.05) is 11.1 Å². The molecule has 15 heteroatoms. The van der Waals surface area contributed by atoms with E-state index in [2.05, 4.69) is 25.5 Å². The third-order valence-corrected chi connectivity index (χ3v) is 7.02. The van der Waals surface area contributed by atoms with Crippen LogP contribution >= 0.6 is 11.6 Å². The minimum Gasteiger partial charge on any atom is -0.366 e. The van der Waals surface area contributed by atoms with Crippen molar-refractivity contribution in [2.45, 2.75) is 26.7 Å². The molecule has 2 aromatic heterocycles. The predicted molar refractivity (Wildman–Crippen MR) is 177 cm³/mol. The summed E-state index contributed by atoms with van der Waals surface area (Å²) in [6.45, 7) is 3.94. The van der Waals surface area contributed by atoms with E-state index < -0.39 is 23.3 Å². The van der Waals surface area contributed by atoms with E-state index in [1.54, 1.807) is 18.2 Å². The Morgan fingerprint density at radius 3 is 1.57 bits per heavy atom. The summed E-state index contributed by atoms with van der Waals surface area (Å²) in [6.07, 6.45) is 3.83. The molecule has 252 valence electrons. The van der Waals surface area contributed by atoms with Gasteiger partial charge in [-0.05, 0) is 72.0 Å². The highest BCUT2D eigenvalue weighted by molar-refractivity contribution is 6.67. The molecule has 0 aliphatic heterocycles. The monoisotopic (exact) mass is 692 g/mol. The number of halogens is 5. The Kier molecular flexibility index (Phi) is 12.3. The van der Waals surface area contributed by atoms with Crippen molar-refractivity contribution in [2.24, 2.45) is 0 Å². The van der Waals surface area contributed by atoms with Crippen LogP contribution in [0.1, 0.15) is 45.7 Å². The van der Waals surface area contributed by atoms with Gasteiger partial charge in [0.1, 0.15) is 24.0 Å². The lowest BCUT2D eigenvalue weighted by molar-refractivity contribution is 0.102. The van der Waals surface area contributed by atoms with Crippen LogP contribution in [-0.4, -0.2) is 40.7 Å². The van der Waals surface area contributed by atoms with Gasteiger partial charge in [-0.15, -0.1) is 10.2 Å². The number of carbonyl (C=O) groups is 2. The summed E-state index contributed by atoms with van der Waals surface area (Å²) in [6, 6.07) is 21.6. The van der Waals surface area contributed by atoms with E-state index in [9.17, 15) is 27.2 Å². The zero-order valence-corrected chi connectivity index (χ0v) is 26.9. The van der Waals surface area contributed by atoms with Gasteiger partial charge in [-0.3, -0.25) is 14.9 Å². The van der Waals surface area contributed by atoms with Crippen LogP contribution in [0.2, 0.25) is 0 Å². The van der Waals surface area contributed by atoms with Gasteiger partial charge < -0.3 is 5.73 Å². The molecule has 0 radical (unpaired) electrons. The number of aromatic nitrogens is 6. The van der Waals surface area contributed by atoms with Crippen molar-refractivity contribution in [2.75, 3.05) is 11.1 Å². The number of hydrogen-bond donors (Lipinski definition) is 2. The van der Waals surface area contributed by atoms with Crippen LogP contribution in [0.25, 0.3) is 11.4 Å². The lowest BCUT2D eigenvalue weighted by Gasteiger charge is -2.06. The highest BCUT2D eigenvalue weighted by Gasteiger charge is 2.16. The number of hydrogen-bond acceptors (Lipinski definition) is 7. The van der Waals surface area contributed by atoms with Gasteiger partial charge in [-0.1, -0.05) is 62.4 Å². The summed E-state index contributed by atoms with van der Waals surface area (Å²) in [5, 5.41) is 9.69. The maximum atomic E-state index is 13.8. The zero-order valence-electron chi connectivity index (χ0n) is 26.1. The number of anilines is 2. The molecule has 0 fully saturated rings. The maximum absolute atomic E-state index is 13.8. The highest BCUT2D eigenvalue weighted by atomic mass is 35.5. The van der Waals surface area contributed by atoms with E-state index in [1.165, 1.54) is 12.1 Å². The van der Waals surface area contributed by atoms with Crippen molar-refractivity contribution >= 4 is 34.6 Å². The fourth-order valence-corrected chi connectivity index (χ4v) is 4.65. The molecule has 2 heterocycles. The molecule has 1 amide bonds. The van der Waals surface area contributed by atoms with Crippen LogP contribution in [0.3, 0.4) is 0 Å². The quantitative estimate of drug-likeness (QED) is 0.134. The Morgan fingerprint density at radius 1 is 0.673 bits per heavy atom. The summed E-state index contributed by atoms with van der Waals surface area (Å²) in [5.74, 6) is -3.41. The van der Waals surface area contributed by atoms with Gasteiger partial charge in [0.15, 0.2) is 23.3 Å². The molecule has 0 aliphatic rings. The molecule has 0 aliphatic carbocycles. The molecule has 49 heavy (non-hydrogen) atoms. The van der Waals surface area contributed by atoms with Gasteiger partial charge in [0.2, 0.25) is 11.9 Å². The van der Waals surface area contributed by atoms with Crippen LogP contribution < -0.4 is 11.1 Å². The van der Waals surface area contributed by atoms with Gasteiger partial charge in [0.25, 0.3) is 11.1 Å². The molecule has 0 bridgehead atoms. The van der Waals surface area contributed by atoms with E-state index in [0.29, 0.717) is 17.5 Å². The topological polar surface area (TPSA) is 134 Å². The lowest BCUT2D eigenvalue weighted by atomic mass is 10.1. The molecule has 6 aromatic rings. The smallest absolute Gasteiger partial charge is 0.258 e. The molecular formula is C34H29ClF4N8O2. The first kappa shape index (κ1) is 36.0. The van der Waals surface area contributed by atoms with E-state index in [0.717, 1.165) is 63.8 Å². The Balaban J connectivity index is 0.000000183. The van der Waals surface area contributed by atoms with E-state index >= 15 is 0 Å². The van der Waals surface area contributed by atoms with Crippen molar-refractivity contribution in [3.63, 3.8) is 0 Å². The van der Waals surface area contributed by atoms with Gasteiger partial charge in [0.05, 0.1) is 0 Å². The SMILES string of the molecule is CCc1ccccc1C(=O)Cl.CCc1ccccc1C(=O)Nc1ncn(-c2c(F)cccc2F)n1.Nc1ncn(-c2c(F)cccc2F)n1. The fraction of sp³-hybridized carbons (Fsp3) is 0.118. The number of amides is 1. The second-order valence-corrected chi connectivity index (χ2v) is 10.3. The molecule has 0 saturated heterocycles. The number of rotatable bonds is 7. The van der Waals surface area contributed by atoms with Crippen molar-refractivity contribution in [3.05, 3.63) is 143 Å². The molecule has 3 N–H and O–H groups in total. The highest BCUT2D eigenvalue weighted by Crippen LogP contribution is 2.18. The Hall–Kier alpha value is -5.89. The number of aryl methyl sites for hydroxylation is 2. The molecule has 4 aromatic carbocycles. The average molecular weight is 693 g/mol. The summed E-state index contributed by atoms with van der Waals surface area (Å²) in [7, 11) is 0. The lowest BCUT2D eigenvalue weighted by Crippen LogP contribution is -2.15.